The number of nitrogens with zero attached hydrogens (tertiary/aromatic N) is 2. The molecule has 1 aromatic heterocycles. The van der Waals surface area contributed by atoms with Gasteiger partial charge in [-0.15, -0.1) is 17.9 Å². The Morgan fingerprint density at radius 1 is 1.50 bits per heavy atom. The first kappa shape index (κ1) is 16.2. The van der Waals surface area contributed by atoms with E-state index in [0.29, 0.717) is 12.5 Å². The molecule has 110 valence electrons. The topological polar surface area (TPSA) is 56.7 Å². The molecule has 0 aliphatic heterocycles. The summed E-state index contributed by atoms with van der Waals surface area (Å²) in [6.45, 7) is 5.19. The van der Waals surface area contributed by atoms with Crippen molar-refractivity contribution in [1.29, 1.82) is 0 Å². The first-order valence-corrected chi connectivity index (χ1v) is 7.37. The highest BCUT2D eigenvalue weighted by atomic mass is 32.1. The molecule has 0 unspecified atom stereocenters. The number of thiophene rings is 1. The van der Waals surface area contributed by atoms with Gasteiger partial charge in [-0.25, -0.2) is 4.99 Å². The van der Waals surface area contributed by atoms with Gasteiger partial charge in [-0.1, -0.05) is 12.1 Å². The van der Waals surface area contributed by atoms with Crippen LogP contribution in [0.2, 0.25) is 0 Å². The van der Waals surface area contributed by atoms with Crippen LogP contribution in [-0.4, -0.2) is 50.5 Å². The van der Waals surface area contributed by atoms with Gasteiger partial charge < -0.3 is 15.5 Å². The summed E-state index contributed by atoms with van der Waals surface area (Å²) in [6.07, 6.45) is 2.69. The highest BCUT2D eigenvalue weighted by Crippen LogP contribution is 2.07. The number of guanidine groups is 1. The van der Waals surface area contributed by atoms with Crippen molar-refractivity contribution >= 4 is 23.2 Å². The number of nitrogens with one attached hydrogen (secondary N) is 2. The first-order chi connectivity index (χ1) is 9.63. The number of rotatable bonds is 7. The van der Waals surface area contributed by atoms with Gasteiger partial charge in [0.05, 0.1) is 0 Å². The van der Waals surface area contributed by atoms with Gasteiger partial charge in [-0.3, -0.25) is 4.79 Å². The Balaban J connectivity index is 2.43. The van der Waals surface area contributed by atoms with Gasteiger partial charge in [0.25, 0.3) is 0 Å². The van der Waals surface area contributed by atoms with Crippen LogP contribution in [0.1, 0.15) is 4.88 Å². The maximum Gasteiger partial charge on any atom is 0.243 e. The molecular formula is C14H22N4OS. The van der Waals surface area contributed by atoms with Gasteiger partial charge in [0, 0.05) is 32.1 Å². The molecule has 0 spiro atoms. The van der Waals surface area contributed by atoms with Crippen molar-refractivity contribution in [2.75, 3.05) is 33.7 Å². The third kappa shape index (κ3) is 6.38. The fourth-order valence-corrected chi connectivity index (χ4v) is 2.10. The van der Waals surface area contributed by atoms with Gasteiger partial charge in [-0.2, -0.15) is 0 Å². The summed E-state index contributed by atoms with van der Waals surface area (Å²) < 4.78 is 0. The average molecular weight is 294 g/mol. The number of hydrogen-bond acceptors (Lipinski definition) is 3. The summed E-state index contributed by atoms with van der Waals surface area (Å²) in [4.78, 5) is 18.6. The Bertz CT molecular complexity index is 440. The molecule has 0 aliphatic rings. The molecule has 0 bridgehead atoms. The SMILES string of the molecule is C=CCNC(=NCC(=O)N(C)C)NCCc1cccs1. The molecule has 1 rings (SSSR count). The van der Waals surface area contributed by atoms with Crippen molar-refractivity contribution in [3.05, 3.63) is 35.0 Å². The largest absolute Gasteiger partial charge is 0.356 e. The summed E-state index contributed by atoms with van der Waals surface area (Å²) in [5.74, 6) is 0.611. The molecule has 5 nitrogen and oxygen atoms in total. The number of carbonyl (C=O) groups is 1. The van der Waals surface area contributed by atoms with E-state index in [-0.39, 0.29) is 12.5 Å². The number of likely N-dealkylation sites (N-methyl/N-ethyl adjacent to an activating group) is 1. The van der Waals surface area contributed by atoms with Crippen LogP contribution in [0.4, 0.5) is 0 Å². The van der Waals surface area contributed by atoms with E-state index in [2.05, 4.69) is 33.7 Å². The van der Waals surface area contributed by atoms with Crippen molar-refractivity contribution in [2.45, 2.75) is 6.42 Å². The molecule has 0 atom stereocenters. The van der Waals surface area contributed by atoms with Crippen molar-refractivity contribution < 1.29 is 4.79 Å². The van der Waals surface area contributed by atoms with Crippen LogP contribution < -0.4 is 10.6 Å². The minimum Gasteiger partial charge on any atom is -0.356 e. The number of aliphatic imine (C=N–C) groups is 1. The smallest absolute Gasteiger partial charge is 0.243 e. The Morgan fingerprint density at radius 2 is 2.30 bits per heavy atom. The second-order valence-electron chi connectivity index (χ2n) is 4.38. The molecule has 0 aromatic carbocycles. The molecular weight excluding hydrogens is 272 g/mol. The lowest BCUT2D eigenvalue weighted by atomic mass is 10.3. The fraction of sp³-hybridized carbons (Fsp3) is 0.429. The van der Waals surface area contributed by atoms with E-state index in [0.717, 1.165) is 13.0 Å². The standard InChI is InChI=1S/C14H22N4OS/c1-4-8-15-14(17-11-13(19)18(2)3)16-9-7-12-6-5-10-20-12/h4-6,10H,1,7-9,11H2,2-3H3,(H2,15,16,17). The minimum atomic E-state index is -0.0250. The van der Waals surface area contributed by atoms with E-state index < -0.39 is 0 Å². The maximum absolute atomic E-state index is 11.5. The second kappa shape index (κ2) is 9.14. The van der Waals surface area contributed by atoms with Crippen molar-refractivity contribution in [1.82, 2.24) is 15.5 Å². The highest BCUT2D eigenvalue weighted by Gasteiger charge is 2.04. The second-order valence-corrected chi connectivity index (χ2v) is 5.41. The maximum atomic E-state index is 11.5. The molecule has 0 radical (unpaired) electrons. The molecule has 1 amide bonds. The normalized spacial score (nSPS) is 11.0. The van der Waals surface area contributed by atoms with Crippen LogP contribution in [0.25, 0.3) is 0 Å². The number of carbonyl (C=O) groups excluding carboxylic acids is 1. The van der Waals surface area contributed by atoms with Crippen LogP contribution in [0.3, 0.4) is 0 Å². The van der Waals surface area contributed by atoms with Gasteiger partial charge in [0.2, 0.25) is 5.91 Å². The molecule has 20 heavy (non-hydrogen) atoms. The lowest BCUT2D eigenvalue weighted by Crippen LogP contribution is -2.39. The Labute approximate surface area is 124 Å². The average Bonchev–Trinajstić information content (AvgIpc) is 2.93. The molecule has 0 saturated carbocycles. The lowest BCUT2D eigenvalue weighted by molar-refractivity contribution is -0.127. The summed E-state index contributed by atoms with van der Waals surface area (Å²) in [5, 5.41) is 8.38. The Hall–Kier alpha value is -1.82. The molecule has 0 saturated heterocycles. The monoisotopic (exact) mass is 294 g/mol. The number of amides is 1. The minimum absolute atomic E-state index is 0.0250. The number of hydrogen-bond donors (Lipinski definition) is 2. The van der Waals surface area contributed by atoms with E-state index in [4.69, 9.17) is 0 Å². The highest BCUT2D eigenvalue weighted by molar-refractivity contribution is 7.09. The van der Waals surface area contributed by atoms with Crippen LogP contribution in [0.15, 0.2) is 35.2 Å². The predicted octanol–water partition coefficient (Wildman–Crippen LogP) is 1.10. The molecule has 0 aliphatic carbocycles. The summed E-state index contributed by atoms with van der Waals surface area (Å²) in [5.41, 5.74) is 0. The van der Waals surface area contributed by atoms with E-state index >= 15 is 0 Å². The lowest BCUT2D eigenvalue weighted by Gasteiger charge is -2.12. The van der Waals surface area contributed by atoms with Crippen LogP contribution in [0, 0.1) is 0 Å². The van der Waals surface area contributed by atoms with Crippen LogP contribution in [-0.2, 0) is 11.2 Å². The summed E-state index contributed by atoms with van der Waals surface area (Å²) >= 11 is 1.74. The van der Waals surface area contributed by atoms with Gasteiger partial charge in [-0.05, 0) is 17.9 Å². The Kier molecular flexibility index (Phi) is 7.42. The molecule has 1 heterocycles. The molecule has 0 fully saturated rings. The Morgan fingerprint density at radius 3 is 2.90 bits per heavy atom. The van der Waals surface area contributed by atoms with Gasteiger partial charge in [0.15, 0.2) is 5.96 Å². The molecule has 6 heteroatoms. The fourth-order valence-electron chi connectivity index (χ4n) is 1.39. The van der Waals surface area contributed by atoms with Gasteiger partial charge in [0.1, 0.15) is 6.54 Å². The third-order valence-electron chi connectivity index (χ3n) is 2.53. The van der Waals surface area contributed by atoms with Crippen LogP contribution >= 0.6 is 11.3 Å². The van der Waals surface area contributed by atoms with E-state index in [9.17, 15) is 4.79 Å². The zero-order valence-electron chi connectivity index (χ0n) is 12.1. The van der Waals surface area contributed by atoms with Crippen molar-refractivity contribution in [2.24, 2.45) is 4.99 Å². The van der Waals surface area contributed by atoms with Crippen LogP contribution in [0.5, 0.6) is 0 Å². The molecule has 2 N–H and O–H groups in total. The van der Waals surface area contributed by atoms with Crippen molar-refractivity contribution in [3.63, 3.8) is 0 Å². The summed E-state index contributed by atoms with van der Waals surface area (Å²) in [7, 11) is 3.44. The zero-order valence-corrected chi connectivity index (χ0v) is 12.9. The third-order valence-corrected chi connectivity index (χ3v) is 3.47. The van der Waals surface area contributed by atoms with Gasteiger partial charge >= 0.3 is 0 Å². The van der Waals surface area contributed by atoms with E-state index in [1.165, 1.54) is 9.78 Å². The quantitative estimate of drug-likeness (QED) is 0.450. The predicted molar refractivity (Wildman–Crippen MR) is 85.2 cm³/mol. The first-order valence-electron chi connectivity index (χ1n) is 6.49. The van der Waals surface area contributed by atoms with E-state index in [1.54, 1.807) is 31.5 Å². The summed E-state index contributed by atoms with van der Waals surface area (Å²) in [6, 6.07) is 4.15. The van der Waals surface area contributed by atoms with E-state index in [1.807, 2.05) is 6.07 Å². The van der Waals surface area contributed by atoms with Crippen molar-refractivity contribution in [3.8, 4) is 0 Å². The zero-order chi connectivity index (χ0) is 14.8. The molecule has 1 aromatic rings.